The largest absolute Gasteiger partial charge is 0.444 e. The summed E-state index contributed by atoms with van der Waals surface area (Å²) in [5.74, 6) is 0.608. The van der Waals surface area contributed by atoms with Gasteiger partial charge in [-0.2, -0.15) is 0 Å². The molecule has 0 bridgehead atoms. The Bertz CT molecular complexity index is 466. The first kappa shape index (κ1) is 19.5. The Morgan fingerprint density at radius 2 is 1.91 bits per heavy atom. The Labute approximate surface area is 141 Å². The number of nitrogens with zero attached hydrogens (tertiary/aromatic N) is 1. The molecule has 0 aliphatic carbocycles. The quantitative estimate of drug-likeness (QED) is 0.836. The summed E-state index contributed by atoms with van der Waals surface area (Å²) in [6.45, 7) is 11.6. The molecule has 1 aromatic rings. The van der Waals surface area contributed by atoms with Crippen molar-refractivity contribution in [3.8, 4) is 0 Å². The van der Waals surface area contributed by atoms with E-state index >= 15 is 0 Å². The highest BCUT2D eigenvalue weighted by Crippen LogP contribution is 2.18. The van der Waals surface area contributed by atoms with Crippen molar-refractivity contribution >= 4 is 6.09 Å². The summed E-state index contributed by atoms with van der Waals surface area (Å²) in [6.07, 6.45) is 2.16. The molecule has 0 saturated carbocycles. The van der Waals surface area contributed by atoms with E-state index in [4.69, 9.17) is 10.5 Å². The smallest absolute Gasteiger partial charge is 0.410 e. The van der Waals surface area contributed by atoms with Gasteiger partial charge in [0.05, 0.1) is 0 Å². The number of amides is 1. The van der Waals surface area contributed by atoms with Crippen LogP contribution in [-0.4, -0.2) is 29.7 Å². The maximum atomic E-state index is 11.7. The van der Waals surface area contributed by atoms with Crippen molar-refractivity contribution in [2.75, 3.05) is 13.1 Å². The first-order valence-electron chi connectivity index (χ1n) is 8.47. The van der Waals surface area contributed by atoms with Gasteiger partial charge in [0, 0.05) is 19.1 Å². The lowest BCUT2D eigenvalue weighted by atomic mass is 10.0. The van der Waals surface area contributed by atoms with Gasteiger partial charge in [-0.15, -0.1) is 0 Å². The Hall–Kier alpha value is -1.55. The maximum absolute atomic E-state index is 11.7. The van der Waals surface area contributed by atoms with Crippen LogP contribution in [0.1, 0.15) is 59.1 Å². The molecule has 1 fully saturated rings. The van der Waals surface area contributed by atoms with Gasteiger partial charge in [0.1, 0.15) is 5.60 Å². The molecule has 130 valence electrons. The van der Waals surface area contributed by atoms with E-state index in [2.05, 4.69) is 6.92 Å². The lowest BCUT2D eigenvalue weighted by Crippen LogP contribution is -2.42. The summed E-state index contributed by atoms with van der Waals surface area (Å²) < 4.78 is 5.31. The molecule has 0 radical (unpaired) electrons. The Morgan fingerprint density at radius 3 is 2.35 bits per heavy atom. The molecule has 2 atom stereocenters. The van der Waals surface area contributed by atoms with Crippen molar-refractivity contribution in [2.24, 2.45) is 11.7 Å². The van der Waals surface area contributed by atoms with E-state index in [0.717, 1.165) is 19.5 Å². The van der Waals surface area contributed by atoms with Crippen molar-refractivity contribution in [3.05, 3.63) is 35.9 Å². The van der Waals surface area contributed by atoms with E-state index in [1.54, 1.807) is 0 Å². The zero-order chi connectivity index (χ0) is 17.5. The molecule has 1 aromatic carbocycles. The summed E-state index contributed by atoms with van der Waals surface area (Å²) in [6, 6.07) is 10.2. The molecule has 0 aromatic heterocycles. The van der Waals surface area contributed by atoms with Crippen LogP contribution in [0.2, 0.25) is 0 Å². The predicted molar refractivity (Wildman–Crippen MR) is 95.2 cm³/mol. The number of rotatable bonds is 1. The van der Waals surface area contributed by atoms with E-state index < -0.39 is 0 Å². The number of piperidine rings is 1. The number of hydrogen-bond donors (Lipinski definition) is 1. The van der Waals surface area contributed by atoms with Crippen molar-refractivity contribution in [2.45, 2.75) is 59.1 Å². The van der Waals surface area contributed by atoms with E-state index in [0.29, 0.717) is 5.92 Å². The molecular formula is C19H32N2O2. The van der Waals surface area contributed by atoms with Crippen LogP contribution < -0.4 is 5.73 Å². The van der Waals surface area contributed by atoms with Crippen LogP contribution >= 0.6 is 0 Å². The second-order valence-corrected chi connectivity index (χ2v) is 7.37. The second kappa shape index (κ2) is 8.92. The van der Waals surface area contributed by atoms with Crippen molar-refractivity contribution < 1.29 is 9.53 Å². The minimum Gasteiger partial charge on any atom is -0.444 e. The highest BCUT2D eigenvalue weighted by Gasteiger charge is 2.25. The van der Waals surface area contributed by atoms with E-state index in [9.17, 15) is 4.79 Å². The molecule has 0 spiro atoms. The third-order valence-corrected chi connectivity index (χ3v) is 3.63. The predicted octanol–water partition coefficient (Wildman–Crippen LogP) is 4.36. The molecule has 1 saturated heterocycles. The van der Waals surface area contributed by atoms with Gasteiger partial charge in [0.15, 0.2) is 0 Å². The zero-order valence-electron chi connectivity index (χ0n) is 15.2. The number of benzene rings is 1. The minimum atomic E-state index is -0.377. The fraction of sp³-hybridized carbons (Fsp3) is 0.632. The number of carbonyl (C=O) groups is 1. The highest BCUT2D eigenvalue weighted by molar-refractivity contribution is 5.68. The van der Waals surface area contributed by atoms with Gasteiger partial charge in [-0.05, 0) is 52.0 Å². The van der Waals surface area contributed by atoms with Gasteiger partial charge in [0.25, 0.3) is 0 Å². The fourth-order valence-corrected chi connectivity index (χ4v) is 2.44. The Balaban J connectivity index is 0.000000253. The topological polar surface area (TPSA) is 55.6 Å². The van der Waals surface area contributed by atoms with Crippen LogP contribution in [0.15, 0.2) is 30.3 Å². The standard InChI is InChI=1S/C11H21NO2.C8H11N/c1-9-6-5-7-12(8-9)10(13)14-11(2,3)4;1-7(9)8-5-3-2-4-6-8/h9H,5-8H2,1-4H3;2-7H,9H2,1H3/t9-;7-/m11/s1. The average molecular weight is 320 g/mol. The van der Waals surface area contributed by atoms with Crippen molar-refractivity contribution in [1.82, 2.24) is 4.90 Å². The first-order valence-corrected chi connectivity index (χ1v) is 8.47. The average Bonchev–Trinajstić information content (AvgIpc) is 2.47. The summed E-state index contributed by atoms with van der Waals surface area (Å²) in [4.78, 5) is 13.5. The number of ether oxygens (including phenoxy) is 1. The van der Waals surface area contributed by atoms with E-state index in [1.807, 2.05) is 62.9 Å². The molecule has 1 amide bonds. The molecule has 1 heterocycles. The van der Waals surface area contributed by atoms with Gasteiger partial charge < -0.3 is 15.4 Å². The SMILES string of the molecule is C[C@@H](N)c1ccccc1.C[C@@H]1CCCN(C(=O)OC(C)(C)C)C1. The van der Waals surface area contributed by atoms with Crippen LogP contribution in [0, 0.1) is 5.92 Å². The highest BCUT2D eigenvalue weighted by atomic mass is 16.6. The third-order valence-electron chi connectivity index (χ3n) is 3.63. The zero-order valence-corrected chi connectivity index (χ0v) is 15.2. The van der Waals surface area contributed by atoms with E-state index in [1.165, 1.54) is 12.0 Å². The lowest BCUT2D eigenvalue weighted by Gasteiger charge is -2.32. The molecular weight excluding hydrogens is 288 g/mol. The molecule has 4 heteroatoms. The monoisotopic (exact) mass is 320 g/mol. The fourth-order valence-electron chi connectivity index (χ4n) is 2.44. The molecule has 23 heavy (non-hydrogen) atoms. The number of carbonyl (C=O) groups excluding carboxylic acids is 1. The summed E-state index contributed by atoms with van der Waals surface area (Å²) in [5.41, 5.74) is 6.43. The molecule has 2 N–H and O–H groups in total. The van der Waals surface area contributed by atoms with Gasteiger partial charge in [0.2, 0.25) is 0 Å². The van der Waals surface area contributed by atoms with Gasteiger partial charge in [-0.25, -0.2) is 4.79 Å². The summed E-state index contributed by atoms with van der Waals surface area (Å²) in [7, 11) is 0. The second-order valence-electron chi connectivity index (χ2n) is 7.37. The Morgan fingerprint density at radius 1 is 1.30 bits per heavy atom. The van der Waals surface area contributed by atoms with Crippen LogP contribution in [0.5, 0.6) is 0 Å². The number of likely N-dealkylation sites (tertiary alicyclic amines) is 1. The summed E-state index contributed by atoms with van der Waals surface area (Å²) in [5, 5.41) is 0. The maximum Gasteiger partial charge on any atom is 0.410 e. The van der Waals surface area contributed by atoms with Gasteiger partial charge >= 0.3 is 6.09 Å². The van der Waals surface area contributed by atoms with E-state index in [-0.39, 0.29) is 17.7 Å². The van der Waals surface area contributed by atoms with Crippen molar-refractivity contribution in [1.29, 1.82) is 0 Å². The Kier molecular flexibility index (Phi) is 7.56. The van der Waals surface area contributed by atoms with Crippen molar-refractivity contribution in [3.63, 3.8) is 0 Å². The number of nitrogens with two attached hydrogens (primary N) is 1. The van der Waals surface area contributed by atoms with Crippen LogP contribution in [-0.2, 0) is 4.74 Å². The lowest BCUT2D eigenvalue weighted by molar-refractivity contribution is 0.0174. The molecule has 2 rings (SSSR count). The van der Waals surface area contributed by atoms with Crippen LogP contribution in [0.4, 0.5) is 4.79 Å². The number of hydrogen-bond acceptors (Lipinski definition) is 3. The van der Waals surface area contributed by atoms with Gasteiger partial charge in [-0.1, -0.05) is 37.3 Å². The minimum absolute atomic E-state index is 0.159. The van der Waals surface area contributed by atoms with Crippen LogP contribution in [0.25, 0.3) is 0 Å². The molecule has 0 unspecified atom stereocenters. The third kappa shape index (κ3) is 8.03. The van der Waals surface area contributed by atoms with Crippen LogP contribution in [0.3, 0.4) is 0 Å². The summed E-state index contributed by atoms with van der Waals surface area (Å²) >= 11 is 0. The molecule has 1 aliphatic heterocycles. The first-order chi connectivity index (χ1) is 10.7. The molecule has 1 aliphatic rings. The van der Waals surface area contributed by atoms with Gasteiger partial charge in [-0.3, -0.25) is 0 Å². The normalized spacial score (nSPS) is 19.4. The molecule has 4 nitrogen and oxygen atoms in total.